The summed E-state index contributed by atoms with van der Waals surface area (Å²) in [5, 5.41) is 6.31. The van der Waals surface area contributed by atoms with Crippen molar-refractivity contribution in [1.82, 2.24) is 15.5 Å². The van der Waals surface area contributed by atoms with Gasteiger partial charge in [0.2, 0.25) is 5.60 Å². The highest BCUT2D eigenvalue weighted by Gasteiger charge is 2.45. The molecule has 3 rings (SSSR count). The van der Waals surface area contributed by atoms with Crippen LogP contribution in [0, 0.1) is 0 Å². The number of esters is 1. The van der Waals surface area contributed by atoms with Crippen LogP contribution in [0.15, 0.2) is 60.7 Å². The highest BCUT2D eigenvalue weighted by Crippen LogP contribution is 2.34. The Morgan fingerprint density at radius 1 is 1.00 bits per heavy atom. The molecule has 0 spiro atoms. The first-order valence-electron chi connectivity index (χ1n) is 9.65. The second kappa shape index (κ2) is 9.48. The molecule has 0 atom stereocenters. The summed E-state index contributed by atoms with van der Waals surface area (Å²) < 4.78 is 5.74. The summed E-state index contributed by atoms with van der Waals surface area (Å²) in [5.74, 6) is -0.847. The second-order valence-electron chi connectivity index (χ2n) is 6.85. The molecular formula is C22H27N3O3. The van der Waals surface area contributed by atoms with Gasteiger partial charge in [-0.3, -0.25) is 14.5 Å². The van der Waals surface area contributed by atoms with Crippen LogP contribution in [0.2, 0.25) is 0 Å². The number of hydrogen-bond acceptors (Lipinski definition) is 5. The molecule has 2 aromatic carbocycles. The maximum atomic E-state index is 13.4. The number of carbonyl (C=O) groups is 2. The van der Waals surface area contributed by atoms with Crippen molar-refractivity contribution in [2.24, 2.45) is 0 Å². The molecule has 0 saturated carbocycles. The van der Waals surface area contributed by atoms with Crippen molar-refractivity contribution in [2.75, 3.05) is 39.3 Å². The number of nitrogens with zero attached hydrogens (tertiary/aromatic N) is 1. The van der Waals surface area contributed by atoms with E-state index in [-0.39, 0.29) is 5.91 Å². The van der Waals surface area contributed by atoms with Gasteiger partial charge in [0.25, 0.3) is 5.91 Å². The topological polar surface area (TPSA) is 70.7 Å². The Balaban J connectivity index is 1.88. The van der Waals surface area contributed by atoms with E-state index in [0.29, 0.717) is 17.7 Å². The molecule has 1 heterocycles. The minimum Gasteiger partial charge on any atom is -0.439 e. The van der Waals surface area contributed by atoms with E-state index in [1.165, 1.54) is 6.92 Å². The van der Waals surface area contributed by atoms with Crippen LogP contribution in [-0.2, 0) is 19.9 Å². The van der Waals surface area contributed by atoms with E-state index in [0.717, 1.165) is 32.7 Å². The van der Waals surface area contributed by atoms with Gasteiger partial charge in [-0.15, -0.1) is 0 Å². The van der Waals surface area contributed by atoms with Crippen LogP contribution in [-0.4, -0.2) is 56.0 Å². The molecule has 1 amide bonds. The van der Waals surface area contributed by atoms with Crippen molar-refractivity contribution >= 4 is 11.9 Å². The SMILES string of the molecule is CC(=O)OC(C(=O)NCCN1CCNCC1)(c1ccccc1)c1ccccc1. The van der Waals surface area contributed by atoms with Gasteiger partial charge in [-0.2, -0.15) is 0 Å². The number of amides is 1. The van der Waals surface area contributed by atoms with Crippen LogP contribution in [0.5, 0.6) is 0 Å². The molecule has 1 fully saturated rings. The standard InChI is InChI=1S/C22H27N3O3/c1-18(26)28-22(19-8-4-2-5-9-19,20-10-6-3-7-11-20)21(27)24-14-17-25-15-12-23-13-16-25/h2-11,23H,12-17H2,1H3,(H,24,27). The lowest BCUT2D eigenvalue weighted by molar-refractivity contribution is -0.163. The van der Waals surface area contributed by atoms with Crippen LogP contribution >= 0.6 is 0 Å². The molecule has 0 unspecified atom stereocenters. The molecule has 1 saturated heterocycles. The van der Waals surface area contributed by atoms with Crippen molar-refractivity contribution in [3.8, 4) is 0 Å². The first-order chi connectivity index (χ1) is 13.6. The van der Waals surface area contributed by atoms with Crippen LogP contribution in [0.25, 0.3) is 0 Å². The number of benzene rings is 2. The van der Waals surface area contributed by atoms with Crippen molar-refractivity contribution in [3.63, 3.8) is 0 Å². The third kappa shape index (κ3) is 4.58. The van der Waals surface area contributed by atoms with Gasteiger partial charge in [0.1, 0.15) is 0 Å². The van der Waals surface area contributed by atoms with Gasteiger partial charge in [-0.25, -0.2) is 0 Å². The zero-order chi connectivity index (χ0) is 19.8. The minimum absolute atomic E-state index is 0.338. The quantitative estimate of drug-likeness (QED) is 0.712. The van der Waals surface area contributed by atoms with Crippen LogP contribution < -0.4 is 10.6 Å². The van der Waals surface area contributed by atoms with E-state index in [4.69, 9.17) is 4.74 Å². The van der Waals surface area contributed by atoms with E-state index in [9.17, 15) is 9.59 Å². The van der Waals surface area contributed by atoms with Crippen LogP contribution in [0.3, 0.4) is 0 Å². The fourth-order valence-corrected chi connectivity index (χ4v) is 3.54. The number of carbonyl (C=O) groups excluding carboxylic acids is 2. The molecule has 0 radical (unpaired) electrons. The molecule has 6 heteroatoms. The predicted octanol–water partition coefficient (Wildman–Crippen LogP) is 1.51. The summed E-state index contributed by atoms with van der Waals surface area (Å²) in [6.07, 6.45) is 0. The first-order valence-corrected chi connectivity index (χ1v) is 9.65. The van der Waals surface area contributed by atoms with E-state index in [1.807, 2.05) is 60.7 Å². The average molecular weight is 381 g/mol. The molecule has 0 aromatic heterocycles. The molecule has 148 valence electrons. The smallest absolute Gasteiger partial charge is 0.304 e. The summed E-state index contributed by atoms with van der Waals surface area (Å²) in [6, 6.07) is 18.3. The Morgan fingerprint density at radius 3 is 2.04 bits per heavy atom. The van der Waals surface area contributed by atoms with Gasteiger partial charge >= 0.3 is 5.97 Å². The monoisotopic (exact) mass is 381 g/mol. The Kier molecular flexibility index (Phi) is 6.79. The van der Waals surface area contributed by atoms with Gasteiger partial charge in [0.15, 0.2) is 0 Å². The van der Waals surface area contributed by atoms with Crippen molar-refractivity contribution in [2.45, 2.75) is 12.5 Å². The largest absolute Gasteiger partial charge is 0.439 e. The lowest BCUT2D eigenvalue weighted by Crippen LogP contribution is -2.51. The van der Waals surface area contributed by atoms with Gasteiger partial charge in [0.05, 0.1) is 0 Å². The molecule has 1 aliphatic heterocycles. The highest BCUT2D eigenvalue weighted by molar-refractivity contribution is 5.92. The number of rotatable bonds is 7. The number of hydrogen-bond donors (Lipinski definition) is 2. The maximum Gasteiger partial charge on any atom is 0.304 e. The predicted molar refractivity (Wildman–Crippen MR) is 108 cm³/mol. The molecule has 0 bridgehead atoms. The van der Waals surface area contributed by atoms with E-state index >= 15 is 0 Å². The minimum atomic E-state index is -1.52. The van der Waals surface area contributed by atoms with E-state index < -0.39 is 11.6 Å². The Labute approximate surface area is 165 Å². The van der Waals surface area contributed by atoms with Gasteiger partial charge in [-0.1, -0.05) is 60.7 Å². The third-order valence-electron chi connectivity index (χ3n) is 4.90. The van der Waals surface area contributed by atoms with E-state index in [2.05, 4.69) is 15.5 Å². The Hall–Kier alpha value is -2.70. The molecular weight excluding hydrogens is 354 g/mol. The number of nitrogens with one attached hydrogen (secondary N) is 2. The highest BCUT2D eigenvalue weighted by atomic mass is 16.6. The van der Waals surface area contributed by atoms with Crippen LogP contribution in [0.1, 0.15) is 18.1 Å². The summed E-state index contributed by atoms with van der Waals surface area (Å²) >= 11 is 0. The van der Waals surface area contributed by atoms with Crippen molar-refractivity contribution in [1.29, 1.82) is 0 Å². The normalized spacial score (nSPS) is 15.0. The number of piperazine rings is 1. The number of ether oxygens (including phenoxy) is 1. The third-order valence-corrected chi connectivity index (χ3v) is 4.90. The molecule has 2 aromatic rings. The summed E-state index contributed by atoms with van der Waals surface area (Å²) in [6.45, 7) is 6.41. The van der Waals surface area contributed by atoms with Crippen molar-refractivity contribution in [3.05, 3.63) is 71.8 Å². The molecule has 0 aliphatic carbocycles. The van der Waals surface area contributed by atoms with Crippen LogP contribution in [0.4, 0.5) is 0 Å². The molecule has 28 heavy (non-hydrogen) atoms. The zero-order valence-corrected chi connectivity index (χ0v) is 16.2. The molecule has 6 nitrogen and oxygen atoms in total. The van der Waals surface area contributed by atoms with E-state index in [1.54, 1.807) is 0 Å². The second-order valence-corrected chi connectivity index (χ2v) is 6.85. The van der Waals surface area contributed by atoms with Gasteiger partial charge in [0, 0.05) is 57.3 Å². The van der Waals surface area contributed by atoms with Gasteiger partial charge in [-0.05, 0) is 0 Å². The zero-order valence-electron chi connectivity index (χ0n) is 16.2. The summed E-state index contributed by atoms with van der Waals surface area (Å²) in [5.41, 5.74) is -0.273. The van der Waals surface area contributed by atoms with Gasteiger partial charge < -0.3 is 15.4 Å². The fourth-order valence-electron chi connectivity index (χ4n) is 3.54. The summed E-state index contributed by atoms with van der Waals surface area (Å²) in [7, 11) is 0. The fraction of sp³-hybridized carbons (Fsp3) is 0.364. The lowest BCUT2D eigenvalue weighted by atomic mass is 9.85. The average Bonchev–Trinajstić information content (AvgIpc) is 2.74. The summed E-state index contributed by atoms with van der Waals surface area (Å²) in [4.78, 5) is 27.7. The Bertz CT molecular complexity index is 735. The van der Waals surface area contributed by atoms with Crippen molar-refractivity contribution < 1.29 is 14.3 Å². The molecule has 1 aliphatic rings. The lowest BCUT2D eigenvalue weighted by Gasteiger charge is -2.33. The Morgan fingerprint density at radius 2 is 1.54 bits per heavy atom. The first kappa shape index (κ1) is 20.0. The molecule has 2 N–H and O–H groups in total. The maximum absolute atomic E-state index is 13.4.